The number of ether oxygens (including phenoxy) is 1. The Balaban J connectivity index is 1.71. The third-order valence-electron chi connectivity index (χ3n) is 4.14. The van der Waals surface area contributed by atoms with Gasteiger partial charge in [-0.05, 0) is 48.7 Å². The zero-order valence-electron chi connectivity index (χ0n) is 14.6. The lowest BCUT2D eigenvalue weighted by Gasteiger charge is -2.10. The summed E-state index contributed by atoms with van der Waals surface area (Å²) >= 11 is 5.83. The van der Waals surface area contributed by atoms with Gasteiger partial charge in [-0.25, -0.2) is 9.37 Å². The molecule has 0 bridgehead atoms. The number of anilines is 1. The van der Waals surface area contributed by atoms with Crippen LogP contribution < -0.4 is 11.1 Å². The van der Waals surface area contributed by atoms with Crippen LogP contribution in [-0.2, 0) is 4.74 Å². The summed E-state index contributed by atoms with van der Waals surface area (Å²) in [6, 6.07) is 5.05. The van der Waals surface area contributed by atoms with Gasteiger partial charge in [0.2, 0.25) is 0 Å². The van der Waals surface area contributed by atoms with E-state index in [0.29, 0.717) is 22.7 Å². The number of carbonyl (C=O) groups is 1. The number of aromatic nitrogens is 1. The minimum atomic E-state index is -2.97. The first-order chi connectivity index (χ1) is 13.2. The number of rotatable bonds is 5. The van der Waals surface area contributed by atoms with Crippen LogP contribution in [0.4, 0.5) is 18.9 Å². The van der Waals surface area contributed by atoms with Crippen molar-refractivity contribution in [1.82, 2.24) is 4.98 Å². The molecule has 1 aliphatic carbocycles. The van der Waals surface area contributed by atoms with Gasteiger partial charge in [0.25, 0.3) is 11.9 Å². The number of carbonyl (C=O) groups excluding carboxylic acids is 1. The molecule has 1 saturated carbocycles. The van der Waals surface area contributed by atoms with Crippen LogP contribution in [0.15, 0.2) is 35.5 Å². The van der Waals surface area contributed by atoms with Gasteiger partial charge >= 0.3 is 6.55 Å². The van der Waals surface area contributed by atoms with Crippen molar-refractivity contribution in [2.45, 2.75) is 31.9 Å². The minimum absolute atomic E-state index is 0.193. The molecule has 0 saturated heterocycles. The highest BCUT2D eigenvalue weighted by Gasteiger charge is 2.43. The van der Waals surface area contributed by atoms with Crippen LogP contribution in [0.2, 0.25) is 5.02 Å². The molecule has 2 aromatic rings. The molecule has 0 spiro atoms. The van der Waals surface area contributed by atoms with Crippen LogP contribution in [-0.4, -0.2) is 29.6 Å². The van der Waals surface area contributed by atoms with Gasteiger partial charge in [0.05, 0.1) is 5.02 Å². The summed E-state index contributed by atoms with van der Waals surface area (Å²) in [6.45, 7) is -1.28. The van der Waals surface area contributed by atoms with E-state index in [4.69, 9.17) is 22.1 Å². The number of alkyl halides is 2. The van der Waals surface area contributed by atoms with Gasteiger partial charge in [-0.15, -0.1) is 0 Å². The van der Waals surface area contributed by atoms with Gasteiger partial charge in [-0.3, -0.25) is 4.79 Å². The number of halogens is 4. The maximum Gasteiger partial charge on any atom is 0.336 e. The van der Waals surface area contributed by atoms with Crippen molar-refractivity contribution >= 4 is 29.2 Å². The van der Waals surface area contributed by atoms with Crippen LogP contribution in [0.5, 0.6) is 0 Å². The SMILES string of the molecule is Cc1cc(Cl)cnc1C(=O)Nc1ccc(F)c([C@H]2C[C@H]2OC(N)=NC(F)F)c1. The molecule has 0 unspecified atom stereocenters. The molecule has 0 radical (unpaired) electrons. The first-order valence-electron chi connectivity index (χ1n) is 8.25. The summed E-state index contributed by atoms with van der Waals surface area (Å²) in [7, 11) is 0. The van der Waals surface area contributed by atoms with E-state index in [1.165, 1.54) is 24.4 Å². The molecule has 3 N–H and O–H groups in total. The molecule has 28 heavy (non-hydrogen) atoms. The molecule has 6 nitrogen and oxygen atoms in total. The summed E-state index contributed by atoms with van der Waals surface area (Å²) in [6.07, 6.45) is 1.20. The molecule has 148 valence electrons. The largest absolute Gasteiger partial charge is 0.461 e. The Morgan fingerprint density at radius 3 is 2.86 bits per heavy atom. The lowest BCUT2D eigenvalue weighted by molar-refractivity contribution is 0.102. The van der Waals surface area contributed by atoms with Crippen LogP contribution in [0, 0.1) is 12.7 Å². The normalized spacial score (nSPS) is 18.9. The van der Waals surface area contributed by atoms with Gasteiger partial charge < -0.3 is 15.8 Å². The van der Waals surface area contributed by atoms with Crippen LogP contribution in [0.1, 0.15) is 34.0 Å². The number of nitrogens with two attached hydrogens (primary N) is 1. The molecule has 1 aromatic carbocycles. The lowest BCUT2D eigenvalue weighted by atomic mass is 10.1. The van der Waals surface area contributed by atoms with Gasteiger partial charge in [0.1, 0.15) is 17.6 Å². The number of amidine groups is 1. The minimum Gasteiger partial charge on any atom is -0.461 e. The predicted octanol–water partition coefficient (Wildman–Crippen LogP) is 3.84. The van der Waals surface area contributed by atoms with Crippen LogP contribution in [0.25, 0.3) is 0 Å². The Labute approximate surface area is 163 Å². The van der Waals surface area contributed by atoms with Crippen LogP contribution >= 0.6 is 11.6 Å². The zero-order chi connectivity index (χ0) is 20.4. The number of nitrogens with one attached hydrogen (secondary N) is 1. The highest BCUT2D eigenvalue weighted by molar-refractivity contribution is 6.30. The van der Waals surface area contributed by atoms with Crippen molar-refractivity contribution in [3.63, 3.8) is 0 Å². The molecule has 1 aromatic heterocycles. The molecule has 0 aliphatic heterocycles. The van der Waals surface area contributed by atoms with E-state index in [1.807, 2.05) is 0 Å². The molecule has 1 fully saturated rings. The molecule has 3 rings (SSSR count). The summed E-state index contributed by atoms with van der Waals surface area (Å²) in [4.78, 5) is 19.2. The Morgan fingerprint density at radius 2 is 2.18 bits per heavy atom. The summed E-state index contributed by atoms with van der Waals surface area (Å²) < 4.78 is 43.5. The maximum atomic E-state index is 14.2. The highest BCUT2D eigenvalue weighted by atomic mass is 35.5. The average Bonchev–Trinajstić information content (AvgIpc) is 3.34. The lowest BCUT2D eigenvalue weighted by Crippen LogP contribution is -2.19. The van der Waals surface area contributed by atoms with Gasteiger partial charge in [0.15, 0.2) is 0 Å². The number of pyridine rings is 1. The molecule has 10 heteroatoms. The predicted molar refractivity (Wildman–Crippen MR) is 98.2 cm³/mol. The third kappa shape index (κ3) is 4.72. The van der Waals surface area contributed by atoms with E-state index in [2.05, 4.69) is 15.3 Å². The Bertz CT molecular complexity index is 939. The number of benzene rings is 1. The second kappa shape index (κ2) is 8.05. The number of hydrogen-bond acceptors (Lipinski definition) is 4. The van der Waals surface area contributed by atoms with E-state index >= 15 is 0 Å². The quantitative estimate of drug-likeness (QED) is 0.443. The van der Waals surface area contributed by atoms with Crippen molar-refractivity contribution in [2.75, 3.05) is 5.32 Å². The van der Waals surface area contributed by atoms with E-state index < -0.39 is 30.4 Å². The number of aliphatic imine (C=N–C) groups is 1. The fraction of sp³-hybridized carbons (Fsp3) is 0.278. The fourth-order valence-electron chi connectivity index (χ4n) is 2.79. The number of amides is 1. The van der Waals surface area contributed by atoms with Gasteiger partial charge in [0, 0.05) is 17.8 Å². The van der Waals surface area contributed by atoms with Crippen molar-refractivity contribution in [2.24, 2.45) is 10.7 Å². The monoisotopic (exact) mass is 412 g/mol. The molecule has 1 aliphatic rings. The Hall–Kier alpha value is -2.81. The number of hydrogen-bond donors (Lipinski definition) is 2. The van der Waals surface area contributed by atoms with Crippen molar-refractivity contribution in [3.05, 3.63) is 58.1 Å². The van der Waals surface area contributed by atoms with Gasteiger partial charge in [-0.2, -0.15) is 13.8 Å². The first kappa shape index (κ1) is 19.9. The Morgan fingerprint density at radius 1 is 1.43 bits per heavy atom. The number of nitrogens with zero attached hydrogens (tertiary/aromatic N) is 2. The molecule has 2 atom stereocenters. The van der Waals surface area contributed by atoms with Crippen LogP contribution in [0.3, 0.4) is 0 Å². The van der Waals surface area contributed by atoms with Crippen molar-refractivity contribution in [1.29, 1.82) is 0 Å². The molecular weight excluding hydrogens is 397 g/mol. The summed E-state index contributed by atoms with van der Waals surface area (Å²) in [5, 5.41) is 3.06. The topological polar surface area (TPSA) is 89.6 Å². The maximum absolute atomic E-state index is 14.2. The van der Waals surface area contributed by atoms with Crippen molar-refractivity contribution in [3.8, 4) is 0 Å². The third-order valence-corrected chi connectivity index (χ3v) is 4.35. The standard InChI is InChI=1S/C18H16ClF3N4O2/c1-8-4-9(19)7-24-15(8)16(27)25-10-2-3-13(20)11(5-10)12-6-14(12)28-18(23)26-17(21)22/h2-5,7,12,14,17H,6H2,1H3,(H2,23,26)(H,25,27)/t12-,14-/m1/s1. The molecule has 1 amide bonds. The highest BCUT2D eigenvalue weighted by Crippen LogP contribution is 2.45. The average molecular weight is 413 g/mol. The van der Waals surface area contributed by atoms with Crippen molar-refractivity contribution < 1.29 is 22.7 Å². The second-order valence-electron chi connectivity index (χ2n) is 6.25. The number of aryl methyl sites for hydroxylation is 1. The second-order valence-corrected chi connectivity index (χ2v) is 6.69. The summed E-state index contributed by atoms with van der Waals surface area (Å²) in [5.74, 6) is -1.35. The zero-order valence-corrected chi connectivity index (χ0v) is 15.4. The molecular formula is C18H16ClF3N4O2. The van der Waals surface area contributed by atoms with E-state index in [9.17, 15) is 18.0 Å². The molecule has 1 heterocycles. The van der Waals surface area contributed by atoms with E-state index in [-0.39, 0.29) is 17.2 Å². The summed E-state index contributed by atoms with van der Waals surface area (Å²) in [5.41, 5.74) is 6.69. The van der Waals surface area contributed by atoms with E-state index in [1.54, 1.807) is 13.0 Å². The first-order valence-corrected chi connectivity index (χ1v) is 8.63. The smallest absolute Gasteiger partial charge is 0.336 e. The fourth-order valence-corrected chi connectivity index (χ4v) is 3.00. The van der Waals surface area contributed by atoms with Gasteiger partial charge in [-0.1, -0.05) is 11.6 Å². The Kier molecular flexibility index (Phi) is 5.73. The van der Waals surface area contributed by atoms with E-state index in [0.717, 1.165) is 0 Å².